The zero-order valence-corrected chi connectivity index (χ0v) is 14.5. The number of phenols is 2. The van der Waals surface area contributed by atoms with Crippen LogP contribution in [-0.4, -0.2) is 42.5 Å². The molecule has 1 aromatic heterocycles. The average molecular weight is 354 g/mol. The second-order valence-corrected chi connectivity index (χ2v) is 6.43. The van der Waals surface area contributed by atoms with Gasteiger partial charge < -0.3 is 15.1 Å². The summed E-state index contributed by atoms with van der Waals surface area (Å²) in [6, 6.07) is 4.68. The van der Waals surface area contributed by atoms with Crippen LogP contribution in [-0.2, 0) is 0 Å². The Bertz CT molecular complexity index is 916. The van der Waals surface area contributed by atoms with Crippen LogP contribution in [0, 0.1) is 5.92 Å². The maximum absolute atomic E-state index is 10.2. The van der Waals surface area contributed by atoms with Crippen LogP contribution in [0.4, 0.5) is 0 Å². The standard InChI is InChI=1S/C18H18N4O2S/c1-2-21-9-8-12-14(21)4-3-5-15(12)22-17(19-20-18(22)25)13-7-6-11(23)10-16(13)24/h3-10,12,14,23-24H,2H2,1H3,(H,20,25). The summed E-state index contributed by atoms with van der Waals surface area (Å²) < 4.78 is 1.85. The molecule has 2 heterocycles. The summed E-state index contributed by atoms with van der Waals surface area (Å²) in [5.41, 5.74) is 1.49. The van der Waals surface area contributed by atoms with E-state index in [1.807, 2.05) is 16.7 Å². The van der Waals surface area contributed by atoms with Crippen molar-refractivity contribution in [2.45, 2.75) is 18.1 Å². The molecule has 0 radical (unpaired) electrons. The van der Waals surface area contributed by atoms with Crippen molar-refractivity contribution in [3.63, 3.8) is 0 Å². The summed E-state index contributed by atoms with van der Waals surface area (Å²) >= 11 is 4.46. The molecule has 2 N–H and O–H groups in total. The van der Waals surface area contributed by atoms with E-state index in [0.717, 1.165) is 12.2 Å². The third kappa shape index (κ3) is 2.51. The van der Waals surface area contributed by atoms with Gasteiger partial charge >= 0.3 is 0 Å². The van der Waals surface area contributed by atoms with Crippen LogP contribution in [0.1, 0.15) is 6.92 Å². The molecule has 4 rings (SSSR count). The lowest BCUT2D eigenvalue weighted by Crippen LogP contribution is -2.32. The largest absolute Gasteiger partial charge is 0.508 e. The monoisotopic (exact) mass is 354 g/mol. The van der Waals surface area contributed by atoms with E-state index >= 15 is 0 Å². The SMILES string of the molecule is CCN1C=CC2C(n3c(S)nnc3-c3ccc(O)cc3O)=CC=CC21. The summed E-state index contributed by atoms with van der Waals surface area (Å²) in [5, 5.41) is 28.5. The van der Waals surface area contributed by atoms with E-state index in [9.17, 15) is 10.2 Å². The molecular formula is C18H18N4O2S. The average Bonchev–Trinajstić information content (AvgIpc) is 3.18. The van der Waals surface area contributed by atoms with Crippen LogP contribution in [0.2, 0.25) is 0 Å². The smallest absolute Gasteiger partial charge is 0.192 e. The summed E-state index contributed by atoms with van der Waals surface area (Å²) in [6.07, 6.45) is 10.5. The van der Waals surface area contributed by atoms with Gasteiger partial charge in [-0.2, -0.15) is 0 Å². The van der Waals surface area contributed by atoms with Gasteiger partial charge in [-0.3, -0.25) is 4.57 Å². The number of thiol groups is 1. The summed E-state index contributed by atoms with van der Waals surface area (Å²) in [6.45, 7) is 3.05. The van der Waals surface area contributed by atoms with Gasteiger partial charge in [0.25, 0.3) is 0 Å². The molecule has 2 aliphatic rings. The highest BCUT2D eigenvalue weighted by molar-refractivity contribution is 7.80. The van der Waals surface area contributed by atoms with Gasteiger partial charge in [-0.1, -0.05) is 18.2 Å². The zero-order valence-electron chi connectivity index (χ0n) is 13.6. The number of hydrogen-bond donors (Lipinski definition) is 3. The van der Waals surface area contributed by atoms with E-state index in [1.54, 1.807) is 6.07 Å². The maximum atomic E-state index is 10.2. The molecule has 2 unspecified atom stereocenters. The first-order valence-electron chi connectivity index (χ1n) is 8.09. The van der Waals surface area contributed by atoms with Gasteiger partial charge in [0, 0.05) is 24.2 Å². The second kappa shape index (κ2) is 6.00. The third-order valence-corrected chi connectivity index (χ3v) is 4.93. The fourth-order valence-electron chi connectivity index (χ4n) is 3.44. The van der Waals surface area contributed by atoms with Crippen molar-refractivity contribution < 1.29 is 10.2 Å². The Morgan fingerprint density at radius 1 is 1.20 bits per heavy atom. The number of aromatic hydroxyl groups is 2. The van der Waals surface area contributed by atoms with Gasteiger partial charge in [-0.25, -0.2) is 0 Å². The van der Waals surface area contributed by atoms with E-state index < -0.39 is 0 Å². The first-order chi connectivity index (χ1) is 12.1. The van der Waals surface area contributed by atoms with Gasteiger partial charge in [0.1, 0.15) is 11.5 Å². The van der Waals surface area contributed by atoms with E-state index in [0.29, 0.717) is 16.5 Å². The number of nitrogens with zero attached hydrogens (tertiary/aromatic N) is 4. The topological polar surface area (TPSA) is 74.4 Å². The number of aromatic nitrogens is 3. The number of likely N-dealkylation sites (N-methyl/N-ethyl adjacent to an activating group) is 1. The summed E-state index contributed by atoms with van der Waals surface area (Å²) in [4.78, 5) is 2.27. The molecule has 2 atom stereocenters. The van der Waals surface area contributed by atoms with Crippen molar-refractivity contribution in [1.82, 2.24) is 19.7 Å². The molecule has 0 bridgehead atoms. The maximum Gasteiger partial charge on any atom is 0.192 e. The van der Waals surface area contributed by atoms with Crippen molar-refractivity contribution >= 4 is 18.3 Å². The quantitative estimate of drug-likeness (QED) is 0.739. The molecule has 0 amide bonds. The molecule has 0 spiro atoms. The number of benzene rings is 1. The summed E-state index contributed by atoms with van der Waals surface area (Å²) in [7, 11) is 0. The molecule has 128 valence electrons. The number of rotatable bonds is 3. The van der Waals surface area contributed by atoms with E-state index in [1.165, 1.54) is 12.1 Å². The van der Waals surface area contributed by atoms with Crippen LogP contribution in [0.3, 0.4) is 0 Å². The first kappa shape index (κ1) is 15.8. The van der Waals surface area contributed by atoms with Crippen LogP contribution in [0.15, 0.2) is 53.9 Å². The number of phenolic OH excluding ortho intramolecular Hbond substituents is 2. The molecule has 1 aliphatic carbocycles. The number of hydrogen-bond acceptors (Lipinski definition) is 6. The molecule has 1 aromatic carbocycles. The van der Waals surface area contributed by atoms with Crippen LogP contribution < -0.4 is 0 Å². The van der Waals surface area contributed by atoms with Crippen molar-refractivity contribution in [1.29, 1.82) is 0 Å². The Morgan fingerprint density at radius 3 is 2.80 bits per heavy atom. The lowest BCUT2D eigenvalue weighted by Gasteiger charge is -2.30. The summed E-state index contributed by atoms with van der Waals surface area (Å²) in [5.74, 6) is 0.592. The molecule has 6 nitrogen and oxygen atoms in total. The van der Waals surface area contributed by atoms with Crippen molar-refractivity contribution in [3.05, 3.63) is 48.7 Å². The van der Waals surface area contributed by atoms with Crippen LogP contribution in [0.25, 0.3) is 17.1 Å². The van der Waals surface area contributed by atoms with E-state index in [4.69, 9.17) is 0 Å². The minimum Gasteiger partial charge on any atom is -0.508 e. The minimum absolute atomic E-state index is 0.00407. The normalized spacial score (nSPS) is 21.5. The molecule has 7 heteroatoms. The second-order valence-electron chi connectivity index (χ2n) is 6.03. The van der Waals surface area contributed by atoms with Crippen LogP contribution >= 0.6 is 12.6 Å². The molecular weight excluding hydrogens is 336 g/mol. The highest BCUT2D eigenvalue weighted by atomic mass is 32.1. The van der Waals surface area contributed by atoms with Gasteiger partial charge in [0.2, 0.25) is 0 Å². The van der Waals surface area contributed by atoms with Crippen molar-refractivity contribution in [2.75, 3.05) is 6.54 Å². The molecule has 2 aromatic rings. The number of fused-ring (bicyclic) bond motifs is 1. The minimum atomic E-state index is -0.0531. The predicted octanol–water partition coefficient (Wildman–Crippen LogP) is 2.89. The molecule has 0 saturated carbocycles. The van der Waals surface area contributed by atoms with Gasteiger partial charge in [0.15, 0.2) is 11.0 Å². The van der Waals surface area contributed by atoms with Gasteiger partial charge in [0.05, 0.1) is 11.6 Å². The van der Waals surface area contributed by atoms with E-state index in [-0.39, 0.29) is 23.5 Å². The Hall–Kier alpha value is -2.67. The van der Waals surface area contributed by atoms with Crippen molar-refractivity contribution in [3.8, 4) is 22.9 Å². The Labute approximate surface area is 150 Å². The highest BCUT2D eigenvalue weighted by Crippen LogP contribution is 2.39. The van der Waals surface area contributed by atoms with Gasteiger partial charge in [-0.05, 0) is 31.3 Å². The lowest BCUT2D eigenvalue weighted by molar-refractivity contribution is 0.334. The van der Waals surface area contributed by atoms with Crippen LogP contribution in [0.5, 0.6) is 11.5 Å². The molecule has 0 saturated heterocycles. The Kier molecular flexibility index (Phi) is 3.80. The fourth-order valence-corrected chi connectivity index (χ4v) is 3.70. The third-order valence-electron chi connectivity index (χ3n) is 4.64. The predicted molar refractivity (Wildman–Crippen MR) is 98.3 cm³/mol. The number of allylic oxidation sites excluding steroid dienone is 2. The highest BCUT2D eigenvalue weighted by Gasteiger charge is 2.33. The first-order valence-corrected chi connectivity index (χ1v) is 8.54. The molecule has 0 fully saturated rings. The fraction of sp³-hybridized carbons (Fsp3) is 0.222. The van der Waals surface area contributed by atoms with Crippen molar-refractivity contribution in [2.24, 2.45) is 5.92 Å². The lowest BCUT2D eigenvalue weighted by atomic mass is 9.93. The molecule has 25 heavy (non-hydrogen) atoms. The molecule has 1 aliphatic heterocycles. The van der Waals surface area contributed by atoms with E-state index in [2.05, 4.69) is 53.0 Å². The van der Waals surface area contributed by atoms with Gasteiger partial charge in [-0.15, -0.1) is 22.8 Å². The Balaban J connectivity index is 1.82. The zero-order chi connectivity index (χ0) is 17.6. The Morgan fingerprint density at radius 2 is 2.04 bits per heavy atom.